The predicted molar refractivity (Wildman–Crippen MR) is 59.6 cm³/mol. The zero-order chi connectivity index (χ0) is 10.2. The van der Waals surface area contributed by atoms with Crippen LogP contribution >= 0.6 is 0 Å². The monoisotopic (exact) mass is 193 g/mol. The lowest BCUT2D eigenvalue weighted by Crippen LogP contribution is -2.02. The maximum Gasteiger partial charge on any atom is 0.122 e. The maximum absolute atomic E-state index is 5.64. The first-order chi connectivity index (χ1) is 6.84. The van der Waals surface area contributed by atoms with Gasteiger partial charge in [-0.3, -0.25) is 0 Å². The molecule has 0 unspecified atom stereocenters. The molecule has 1 aromatic carbocycles. The molecular weight excluding hydrogens is 174 g/mol. The summed E-state index contributed by atoms with van der Waals surface area (Å²) in [7, 11) is 0. The maximum atomic E-state index is 5.64. The Bertz CT molecular complexity index is 260. The standard InChI is InChI=1S/C12H19NO/c1-11-7-3-4-8-12(11)14-10-6-2-5-9-13/h3-4,7-8H,2,5-6,9-10,13H2,1H3. The molecule has 2 heteroatoms. The first kappa shape index (κ1) is 11.1. The molecule has 2 N–H and O–H groups in total. The van der Waals surface area contributed by atoms with Gasteiger partial charge in [0.15, 0.2) is 0 Å². The molecule has 78 valence electrons. The van der Waals surface area contributed by atoms with Crippen molar-refractivity contribution in [2.75, 3.05) is 13.2 Å². The van der Waals surface area contributed by atoms with Gasteiger partial charge in [-0.2, -0.15) is 0 Å². The molecule has 0 saturated carbocycles. The minimum atomic E-state index is 0.782. The zero-order valence-electron chi connectivity index (χ0n) is 8.83. The van der Waals surface area contributed by atoms with Gasteiger partial charge in [-0.1, -0.05) is 18.2 Å². The first-order valence-corrected chi connectivity index (χ1v) is 5.23. The molecule has 1 aromatic rings. The van der Waals surface area contributed by atoms with Crippen molar-refractivity contribution < 1.29 is 4.74 Å². The third kappa shape index (κ3) is 3.79. The van der Waals surface area contributed by atoms with Crippen LogP contribution in [-0.2, 0) is 0 Å². The highest BCUT2D eigenvalue weighted by Crippen LogP contribution is 2.16. The first-order valence-electron chi connectivity index (χ1n) is 5.23. The molecule has 0 aliphatic heterocycles. The Balaban J connectivity index is 2.21. The predicted octanol–water partition coefficient (Wildman–Crippen LogP) is 2.50. The minimum Gasteiger partial charge on any atom is -0.493 e. The Morgan fingerprint density at radius 3 is 2.64 bits per heavy atom. The summed E-state index contributed by atoms with van der Waals surface area (Å²) >= 11 is 0. The van der Waals surface area contributed by atoms with E-state index >= 15 is 0 Å². The van der Waals surface area contributed by atoms with Crippen LogP contribution in [0.3, 0.4) is 0 Å². The van der Waals surface area contributed by atoms with Gasteiger partial charge in [0.25, 0.3) is 0 Å². The van der Waals surface area contributed by atoms with Crippen LogP contribution < -0.4 is 10.5 Å². The van der Waals surface area contributed by atoms with Crippen molar-refractivity contribution in [3.63, 3.8) is 0 Å². The highest BCUT2D eigenvalue weighted by molar-refractivity contribution is 5.31. The molecule has 0 fully saturated rings. The molecule has 0 amide bonds. The van der Waals surface area contributed by atoms with Gasteiger partial charge in [0.2, 0.25) is 0 Å². The summed E-state index contributed by atoms with van der Waals surface area (Å²) in [6, 6.07) is 8.10. The fourth-order valence-corrected chi connectivity index (χ4v) is 1.32. The Hall–Kier alpha value is -1.02. The van der Waals surface area contributed by atoms with Gasteiger partial charge in [-0.25, -0.2) is 0 Å². The zero-order valence-corrected chi connectivity index (χ0v) is 8.83. The fourth-order valence-electron chi connectivity index (χ4n) is 1.32. The van der Waals surface area contributed by atoms with E-state index in [-0.39, 0.29) is 0 Å². The van der Waals surface area contributed by atoms with Crippen LogP contribution in [0.4, 0.5) is 0 Å². The van der Waals surface area contributed by atoms with E-state index in [1.54, 1.807) is 0 Å². The molecule has 14 heavy (non-hydrogen) atoms. The van der Waals surface area contributed by atoms with Crippen molar-refractivity contribution in [2.24, 2.45) is 5.73 Å². The van der Waals surface area contributed by atoms with Crippen molar-refractivity contribution in [3.05, 3.63) is 29.8 Å². The Morgan fingerprint density at radius 1 is 1.14 bits per heavy atom. The van der Waals surface area contributed by atoms with Gasteiger partial charge in [-0.05, 0) is 44.4 Å². The van der Waals surface area contributed by atoms with Gasteiger partial charge >= 0.3 is 0 Å². The molecule has 0 radical (unpaired) electrons. The summed E-state index contributed by atoms with van der Waals surface area (Å²) in [6.45, 7) is 3.64. The summed E-state index contributed by atoms with van der Waals surface area (Å²) in [5, 5.41) is 0. The van der Waals surface area contributed by atoms with Gasteiger partial charge in [0, 0.05) is 0 Å². The molecule has 0 heterocycles. The van der Waals surface area contributed by atoms with Crippen LogP contribution in [0.15, 0.2) is 24.3 Å². The second kappa shape index (κ2) is 6.44. The molecule has 0 aliphatic rings. The van der Waals surface area contributed by atoms with E-state index in [4.69, 9.17) is 10.5 Å². The highest BCUT2D eigenvalue weighted by Gasteiger charge is 1.96. The van der Waals surface area contributed by atoms with Crippen LogP contribution in [0.2, 0.25) is 0 Å². The van der Waals surface area contributed by atoms with Crippen LogP contribution in [0.1, 0.15) is 24.8 Å². The molecule has 0 saturated heterocycles. The number of nitrogens with two attached hydrogens (primary N) is 1. The topological polar surface area (TPSA) is 35.2 Å². The number of rotatable bonds is 6. The molecule has 0 bridgehead atoms. The van der Waals surface area contributed by atoms with E-state index in [0.717, 1.165) is 38.2 Å². The number of para-hydroxylation sites is 1. The van der Waals surface area contributed by atoms with Crippen LogP contribution in [0.5, 0.6) is 5.75 Å². The number of unbranched alkanes of at least 4 members (excludes halogenated alkanes) is 2. The molecule has 0 atom stereocenters. The Morgan fingerprint density at radius 2 is 1.93 bits per heavy atom. The average Bonchev–Trinajstić information content (AvgIpc) is 2.20. The van der Waals surface area contributed by atoms with E-state index in [1.165, 1.54) is 5.56 Å². The van der Waals surface area contributed by atoms with Gasteiger partial charge in [-0.15, -0.1) is 0 Å². The lowest BCUT2D eigenvalue weighted by molar-refractivity contribution is 0.304. The van der Waals surface area contributed by atoms with E-state index in [0.29, 0.717) is 0 Å². The lowest BCUT2D eigenvalue weighted by Gasteiger charge is -2.07. The number of hydrogen-bond donors (Lipinski definition) is 1. The largest absolute Gasteiger partial charge is 0.493 e. The van der Waals surface area contributed by atoms with Crippen LogP contribution in [-0.4, -0.2) is 13.2 Å². The van der Waals surface area contributed by atoms with Crippen molar-refractivity contribution in [2.45, 2.75) is 26.2 Å². The molecule has 0 aromatic heterocycles. The molecule has 0 aliphatic carbocycles. The van der Waals surface area contributed by atoms with E-state index < -0.39 is 0 Å². The third-order valence-corrected chi connectivity index (χ3v) is 2.20. The molecular formula is C12H19NO. The quantitative estimate of drug-likeness (QED) is 0.704. The fraction of sp³-hybridized carbons (Fsp3) is 0.500. The second-order valence-corrected chi connectivity index (χ2v) is 3.46. The minimum absolute atomic E-state index is 0.782. The Kier molecular flexibility index (Phi) is 5.08. The van der Waals surface area contributed by atoms with Crippen LogP contribution in [0.25, 0.3) is 0 Å². The summed E-state index contributed by atoms with van der Waals surface area (Å²) in [5.41, 5.74) is 6.61. The lowest BCUT2D eigenvalue weighted by atomic mass is 10.2. The summed E-state index contributed by atoms with van der Waals surface area (Å²) < 4.78 is 5.64. The number of ether oxygens (including phenoxy) is 1. The van der Waals surface area contributed by atoms with Crippen molar-refractivity contribution in [3.8, 4) is 5.75 Å². The number of hydrogen-bond acceptors (Lipinski definition) is 2. The molecule has 1 rings (SSSR count). The number of aryl methyl sites for hydroxylation is 1. The molecule has 2 nitrogen and oxygen atoms in total. The highest BCUT2D eigenvalue weighted by atomic mass is 16.5. The van der Waals surface area contributed by atoms with Gasteiger partial charge < -0.3 is 10.5 Å². The summed E-state index contributed by atoms with van der Waals surface area (Å²) in [5.74, 6) is 1.00. The average molecular weight is 193 g/mol. The van der Waals surface area contributed by atoms with Gasteiger partial charge in [0.05, 0.1) is 6.61 Å². The summed E-state index contributed by atoms with van der Waals surface area (Å²) in [6.07, 6.45) is 3.34. The Labute approximate surface area is 86.1 Å². The SMILES string of the molecule is Cc1ccccc1OCCCCCN. The third-order valence-electron chi connectivity index (χ3n) is 2.20. The molecule has 0 spiro atoms. The van der Waals surface area contributed by atoms with Crippen molar-refractivity contribution in [1.82, 2.24) is 0 Å². The van der Waals surface area contributed by atoms with E-state index in [2.05, 4.69) is 13.0 Å². The van der Waals surface area contributed by atoms with Crippen molar-refractivity contribution in [1.29, 1.82) is 0 Å². The smallest absolute Gasteiger partial charge is 0.122 e. The van der Waals surface area contributed by atoms with Gasteiger partial charge in [0.1, 0.15) is 5.75 Å². The van der Waals surface area contributed by atoms with Crippen LogP contribution in [0, 0.1) is 6.92 Å². The van der Waals surface area contributed by atoms with E-state index in [9.17, 15) is 0 Å². The normalized spacial score (nSPS) is 10.1. The van der Waals surface area contributed by atoms with E-state index in [1.807, 2.05) is 18.2 Å². The number of benzene rings is 1. The summed E-state index contributed by atoms with van der Waals surface area (Å²) in [4.78, 5) is 0. The van der Waals surface area contributed by atoms with Crippen molar-refractivity contribution >= 4 is 0 Å². The second-order valence-electron chi connectivity index (χ2n) is 3.46.